The Morgan fingerprint density at radius 1 is 0.923 bits per heavy atom. The normalized spacial score (nSPS) is 12.0. The van der Waals surface area contributed by atoms with E-state index in [1.165, 1.54) is 5.56 Å². The van der Waals surface area contributed by atoms with Crippen LogP contribution < -0.4 is 0 Å². The largest absolute Gasteiger partial charge is 0.277 e. The number of aromatic nitrogens is 5. The molecular formula is C21H23N5. The zero-order valence-electron chi connectivity index (χ0n) is 15.6. The monoisotopic (exact) mass is 345 g/mol. The van der Waals surface area contributed by atoms with Gasteiger partial charge < -0.3 is 0 Å². The van der Waals surface area contributed by atoms with Crippen molar-refractivity contribution in [1.29, 1.82) is 0 Å². The Balaban J connectivity index is 1.78. The van der Waals surface area contributed by atoms with Crippen molar-refractivity contribution in [3.8, 4) is 22.6 Å². The predicted octanol–water partition coefficient (Wildman–Crippen LogP) is 5.01. The van der Waals surface area contributed by atoms with Gasteiger partial charge in [-0.25, -0.2) is 4.98 Å². The summed E-state index contributed by atoms with van der Waals surface area (Å²) in [4.78, 5) is 4.73. The molecule has 0 aliphatic carbocycles. The molecule has 0 aliphatic rings. The number of aromatic amines is 2. The lowest BCUT2D eigenvalue weighted by molar-refractivity contribution is 0.475. The average molecular weight is 345 g/mol. The highest BCUT2D eigenvalue weighted by Crippen LogP contribution is 2.30. The predicted molar refractivity (Wildman–Crippen MR) is 105 cm³/mol. The van der Waals surface area contributed by atoms with Gasteiger partial charge in [0.2, 0.25) is 0 Å². The maximum absolute atomic E-state index is 4.73. The van der Waals surface area contributed by atoms with Crippen molar-refractivity contribution in [2.24, 2.45) is 0 Å². The summed E-state index contributed by atoms with van der Waals surface area (Å²) >= 11 is 0. The third-order valence-corrected chi connectivity index (χ3v) is 5.16. The lowest BCUT2D eigenvalue weighted by atomic mass is 9.89. The lowest BCUT2D eigenvalue weighted by Crippen LogP contribution is -2.17. The molecule has 0 radical (unpaired) electrons. The molecule has 2 N–H and O–H groups in total. The van der Waals surface area contributed by atoms with E-state index >= 15 is 0 Å². The maximum Gasteiger partial charge on any atom is 0.181 e. The van der Waals surface area contributed by atoms with Crippen LogP contribution in [0.2, 0.25) is 0 Å². The number of fused-ring (bicyclic) bond motifs is 1. The van der Waals surface area contributed by atoms with Crippen LogP contribution in [-0.4, -0.2) is 25.4 Å². The lowest BCUT2D eigenvalue weighted by Gasteiger charge is -2.18. The molecule has 4 aromatic rings. The fourth-order valence-corrected chi connectivity index (χ4v) is 2.95. The second kappa shape index (κ2) is 6.09. The zero-order valence-corrected chi connectivity index (χ0v) is 15.6. The molecule has 5 nitrogen and oxygen atoms in total. The van der Waals surface area contributed by atoms with Crippen molar-refractivity contribution < 1.29 is 0 Å². The molecule has 0 spiro atoms. The number of benzene rings is 2. The van der Waals surface area contributed by atoms with Crippen molar-refractivity contribution in [3.63, 3.8) is 0 Å². The third kappa shape index (κ3) is 2.79. The first-order valence-electron chi connectivity index (χ1n) is 8.96. The minimum atomic E-state index is -0.0158. The van der Waals surface area contributed by atoms with Crippen LogP contribution in [0.5, 0.6) is 0 Å². The molecule has 0 fully saturated rings. The fourth-order valence-electron chi connectivity index (χ4n) is 2.95. The van der Waals surface area contributed by atoms with Crippen molar-refractivity contribution in [1.82, 2.24) is 25.4 Å². The fraction of sp³-hybridized carbons (Fsp3) is 0.286. The average Bonchev–Trinajstić information content (AvgIpc) is 3.29. The second-order valence-electron chi connectivity index (χ2n) is 7.44. The van der Waals surface area contributed by atoms with Gasteiger partial charge in [-0.3, -0.25) is 10.2 Å². The molecule has 2 aromatic carbocycles. The second-order valence-corrected chi connectivity index (χ2v) is 7.44. The summed E-state index contributed by atoms with van der Waals surface area (Å²) in [6.07, 6.45) is 1.000. The van der Waals surface area contributed by atoms with Crippen LogP contribution in [0, 0.1) is 6.92 Å². The molecule has 0 saturated carbocycles. The highest BCUT2D eigenvalue weighted by Gasteiger charge is 2.23. The van der Waals surface area contributed by atoms with Crippen LogP contribution in [0.3, 0.4) is 0 Å². The maximum atomic E-state index is 4.73. The highest BCUT2D eigenvalue weighted by atomic mass is 15.2. The Bertz CT molecular complexity index is 1050. The molecular weight excluding hydrogens is 322 g/mol. The van der Waals surface area contributed by atoms with Gasteiger partial charge >= 0.3 is 0 Å². The van der Waals surface area contributed by atoms with Gasteiger partial charge in [0.1, 0.15) is 5.82 Å². The summed E-state index contributed by atoms with van der Waals surface area (Å²) in [6, 6.07) is 14.6. The van der Waals surface area contributed by atoms with Gasteiger partial charge in [0.25, 0.3) is 0 Å². The number of aryl methyl sites for hydroxylation is 1. The van der Waals surface area contributed by atoms with Gasteiger partial charge in [0.15, 0.2) is 5.82 Å². The third-order valence-electron chi connectivity index (χ3n) is 5.16. The van der Waals surface area contributed by atoms with E-state index in [-0.39, 0.29) is 5.41 Å². The summed E-state index contributed by atoms with van der Waals surface area (Å²) in [5.41, 5.74) is 5.27. The van der Waals surface area contributed by atoms with E-state index in [1.54, 1.807) is 0 Å². The number of hydrogen-bond acceptors (Lipinski definition) is 3. The van der Waals surface area contributed by atoms with Crippen LogP contribution >= 0.6 is 0 Å². The number of H-pyrrole nitrogens is 2. The first kappa shape index (κ1) is 16.5. The Kier molecular flexibility index (Phi) is 3.87. The SMILES string of the molecule is CCC(C)(C)c1nc(-c2ccc3[nH]nc(-c4ccc(C)cc4)c3c2)n[nH]1. The van der Waals surface area contributed by atoms with Crippen molar-refractivity contribution in [3.05, 3.63) is 53.9 Å². The van der Waals surface area contributed by atoms with Crippen molar-refractivity contribution in [2.45, 2.75) is 39.5 Å². The Morgan fingerprint density at radius 3 is 2.38 bits per heavy atom. The van der Waals surface area contributed by atoms with E-state index in [0.717, 1.165) is 45.8 Å². The van der Waals surface area contributed by atoms with E-state index in [9.17, 15) is 0 Å². The van der Waals surface area contributed by atoms with E-state index in [4.69, 9.17) is 4.98 Å². The zero-order chi connectivity index (χ0) is 18.3. The molecule has 0 amide bonds. The molecule has 0 bridgehead atoms. The van der Waals surface area contributed by atoms with Crippen LogP contribution in [-0.2, 0) is 5.41 Å². The topological polar surface area (TPSA) is 70.2 Å². The first-order chi connectivity index (χ1) is 12.5. The number of rotatable bonds is 4. The molecule has 5 heteroatoms. The first-order valence-corrected chi connectivity index (χ1v) is 8.96. The molecule has 0 aliphatic heterocycles. The Morgan fingerprint density at radius 2 is 1.65 bits per heavy atom. The molecule has 0 saturated heterocycles. The summed E-state index contributed by atoms with van der Waals surface area (Å²) in [5.74, 6) is 1.64. The van der Waals surface area contributed by atoms with E-state index in [0.29, 0.717) is 0 Å². The Labute approximate surface area is 152 Å². The van der Waals surface area contributed by atoms with Crippen LogP contribution in [0.4, 0.5) is 0 Å². The van der Waals surface area contributed by atoms with Crippen LogP contribution in [0.15, 0.2) is 42.5 Å². The number of nitrogens with zero attached hydrogens (tertiary/aromatic N) is 3. The summed E-state index contributed by atoms with van der Waals surface area (Å²) in [5, 5.41) is 16.3. The minimum Gasteiger partial charge on any atom is -0.277 e. The van der Waals surface area contributed by atoms with E-state index < -0.39 is 0 Å². The van der Waals surface area contributed by atoms with Gasteiger partial charge in [-0.05, 0) is 31.5 Å². The molecule has 132 valence electrons. The van der Waals surface area contributed by atoms with Gasteiger partial charge in [0, 0.05) is 21.9 Å². The Hall–Kier alpha value is -2.95. The smallest absolute Gasteiger partial charge is 0.181 e. The summed E-state index contributed by atoms with van der Waals surface area (Å²) in [6.45, 7) is 8.59. The van der Waals surface area contributed by atoms with Crippen molar-refractivity contribution >= 4 is 10.9 Å². The molecule has 0 atom stereocenters. The molecule has 4 rings (SSSR count). The molecule has 2 heterocycles. The van der Waals surface area contributed by atoms with Crippen molar-refractivity contribution in [2.75, 3.05) is 0 Å². The van der Waals surface area contributed by atoms with Crippen LogP contribution in [0.25, 0.3) is 33.5 Å². The van der Waals surface area contributed by atoms with Gasteiger partial charge in [0.05, 0.1) is 11.2 Å². The summed E-state index contributed by atoms with van der Waals surface area (Å²) in [7, 11) is 0. The number of hydrogen-bond donors (Lipinski definition) is 2. The molecule has 2 aromatic heterocycles. The molecule has 0 unspecified atom stereocenters. The highest BCUT2D eigenvalue weighted by molar-refractivity contribution is 5.95. The minimum absolute atomic E-state index is 0.0158. The summed E-state index contributed by atoms with van der Waals surface area (Å²) < 4.78 is 0. The quantitative estimate of drug-likeness (QED) is 0.546. The molecule has 26 heavy (non-hydrogen) atoms. The van der Waals surface area contributed by atoms with E-state index in [2.05, 4.69) is 78.4 Å². The van der Waals surface area contributed by atoms with Gasteiger partial charge in [-0.2, -0.15) is 10.2 Å². The van der Waals surface area contributed by atoms with E-state index in [1.807, 2.05) is 12.1 Å². The number of nitrogens with one attached hydrogen (secondary N) is 2. The standard InChI is InChI=1S/C21H23N5/c1-5-21(3,4)20-22-19(25-26-20)15-10-11-17-16(12-15)18(24-23-17)14-8-6-13(2)7-9-14/h6-12H,5H2,1-4H3,(H,23,24)(H,22,25,26). The van der Waals surface area contributed by atoms with Crippen LogP contribution in [0.1, 0.15) is 38.6 Å². The van der Waals surface area contributed by atoms with Gasteiger partial charge in [-0.1, -0.05) is 50.6 Å². The van der Waals surface area contributed by atoms with Gasteiger partial charge in [-0.15, -0.1) is 0 Å².